The zero-order valence-corrected chi connectivity index (χ0v) is 12.8. The van der Waals surface area contributed by atoms with Gasteiger partial charge in [-0.25, -0.2) is 0 Å². The second kappa shape index (κ2) is 6.89. The molecular weight excluding hydrogens is 272 g/mol. The fourth-order valence-corrected chi connectivity index (χ4v) is 2.86. The first kappa shape index (κ1) is 15.8. The second-order valence-corrected chi connectivity index (χ2v) is 5.77. The molecule has 0 radical (unpaired) electrons. The zero-order valence-electron chi connectivity index (χ0n) is 12.8. The van der Waals surface area contributed by atoms with Gasteiger partial charge in [-0.15, -0.1) is 0 Å². The summed E-state index contributed by atoms with van der Waals surface area (Å²) < 4.78 is 0. The Kier molecular flexibility index (Phi) is 5.17. The second-order valence-electron chi connectivity index (χ2n) is 5.77. The van der Waals surface area contributed by atoms with Crippen molar-refractivity contribution in [3.8, 4) is 0 Å². The Hall–Kier alpha value is -1.63. The number of hydrogen-bond acceptors (Lipinski definition) is 4. The third kappa shape index (κ3) is 3.93. The van der Waals surface area contributed by atoms with Gasteiger partial charge in [0.2, 0.25) is 17.7 Å². The number of piperazine rings is 1. The van der Waals surface area contributed by atoms with E-state index in [1.165, 1.54) is 11.8 Å². The highest BCUT2D eigenvalue weighted by Gasteiger charge is 2.31. The summed E-state index contributed by atoms with van der Waals surface area (Å²) in [5.74, 6) is -0.0458. The minimum Gasteiger partial charge on any atom is -0.339 e. The van der Waals surface area contributed by atoms with Crippen molar-refractivity contribution in [3.63, 3.8) is 0 Å². The molecule has 1 N–H and O–H groups in total. The van der Waals surface area contributed by atoms with E-state index < -0.39 is 0 Å². The van der Waals surface area contributed by atoms with E-state index in [4.69, 9.17) is 0 Å². The van der Waals surface area contributed by atoms with Gasteiger partial charge in [0.1, 0.15) is 0 Å². The third-order valence-corrected chi connectivity index (χ3v) is 4.23. The number of nitrogens with zero attached hydrogens (tertiary/aromatic N) is 3. The smallest absolute Gasteiger partial charge is 0.242 e. The maximum Gasteiger partial charge on any atom is 0.242 e. The van der Waals surface area contributed by atoms with E-state index in [1.807, 2.05) is 4.90 Å². The molecule has 0 aliphatic carbocycles. The van der Waals surface area contributed by atoms with Crippen molar-refractivity contribution in [3.05, 3.63) is 0 Å². The standard InChI is InChI=1S/C14H24N4O3/c1-11(19)16(2)10-14(21)17-6-3-4-12(9-17)18-7-5-15-8-13(18)20/h12,15H,3-10H2,1-2H3. The Balaban J connectivity index is 1.92. The van der Waals surface area contributed by atoms with Crippen LogP contribution in [0.1, 0.15) is 19.8 Å². The van der Waals surface area contributed by atoms with Gasteiger partial charge in [-0.1, -0.05) is 0 Å². The van der Waals surface area contributed by atoms with Gasteiger partial charge < -0.3 is 20.0 Å². The minimum atomic E-state index is -0.116. The summed E-state index contributed by atoms with van der Waals surface area (Å²) in [6, 6.07) is 0.111. The number of likely N-dealkylation sites (tertiary alicyclic amines) is 1. The maximum atomic E-state index is 12.2. The molecule has 0 aromatic rings. The molecule has 0 aromatic carbocycles. The number of carbonyl (C=O) groups is 3. The third-order valence-electron chi connectivity index (χ3n) is 4.23. The quantitative estimate of drug-likeness (QED) is 0.716. The van der Waals surface area contributed by atoms with Crippen LogP contribution in [-0.2, 0) is 14.4 Å². The van der Waals surface area contributed by atoms with E-state index in [0.717, 1.165) is 19.4 Å². The SMILES string of the molecule is CC(=O)N(C)CC(=O)N1CCCC(N2CCNCC2=O)C1. The van der Waals surface area contributed by atoms with Crippen molar-refractivity contribution in [1.29, 1.82) is 0 Å². The van der Waals surface area contributed by atoms with Crippen molar-refractivity contribution in [1.82, 2.24) is 20.0 Å². The molecule has 1 atom stereocenters. The molecule has 2 aliphatic heterocycles. The molecule has 2 rings (SSSR count). The first-order valence-corrected chi connectivity index (χ1v) is 7.48. The van der Waals surface area contributed by atoms with Gasteiger partial charge in [0.05, 0.1) is 13.1 Å². The van der Waals surface area contributed by atoms with E-state index in [2.05, 4.69) is 5.32 Å². The largest absolute Gasteiger partial charge is 0.339 e. The zero-order chi connectivity index (χ0) is 15.4. The Morgan fingerprint density at radius 3 is 2.81 bits per heavy atom. The molecule has 2 fully saturated rings. The summed E-state index contributed by atoms with van der Waals surface area (Å²) in [4.78, 5) is 40.5. The molecule has 7 heteroatoms. The number of rotatable bonds is 3. The predicted molar refractivity (Wildman–Crippen MR) is 77.5 cm³/mol. The molecule has 0 saturated carbocycles. The van der Waals surface area contributed by atoms with Crippen LogP contribution in [0.2, 0.25) is 0 Å². The normalized spacial score (nSPS) is 23.1. The molecule has 0 aromatic heterocycles. The van der Waals surface area contributed by atoms with Crippen molar-refractivity contribution in [2.75, 3.05) is 46.3 Å². The molecule has 1 unspecified atom stereocenters. The van der Waals surface area contributed by atoms with Crippen LogP contribution in [0, 0.1) is 0 Å². The molecule has 21 heavy (non-hydrogen) atoms. The van der Waals surface area contributed by atoms with Crippen LogP contribution in [0.15, 0.2) is 0 Å². The average molecular weight is 296 g/mol. The molecule has 2 aliphatic rings. The van der Waals surface area contributed by atoms with Crippen molar-refractivity contribution >= 4 is 17.7 Å². The fourth-order valence-electron chi connectivity index (χ4n) is 2.86. The highest BCUT2D eigenvalue weighted by atomic mass is 16.2. The topological polar surface area (TPSA) is 73.0 Å². The Labute approximate surface area is 125 Å². The molecular formula is C14H24N4O3. The van der Waals surface area contributed by atoms with E-state index >= 15 is 0 Å². The van der Waals surface area contributed by atoms with E-state index in [9.17, 15) is 14.4 Å². The molecule has 0 spiro atoms. The predicted octanol–water partition coefficient (Wildman–Crippen LogP) is -1.11. The van der Waals surface area contributed by atoms with Crippen LogP contribution >= 0.6 is 0 Å². The summed E-state index contributed by atoms with van der Waals surface area (Å²) in [5.41, 5.74) is 0. The van der Waals surface area contributed by atoms with Crippen molar-refractivity contribution in [2.45, 2.75) is 25.8 Å². The fraction of sp³-hybridized carbons (Fsp3) is 0.786. The van der Waals surface area contributed by atoms with Crippen LogP contribution in [0.4, 0.5) is 0 Å². The van der Waals surface area contributed by atoms with E-state index in [-0.39, 0.29) is 30.3 Å². The Morgan fingerprint density at radius 1 is 1.38 bits per heavy atom. The van der Waals surface area contributed by atoms with Crippen LogP contribution < -0.4 is 5.32 Å². The summed E-state index contributed by atoms with van der Waals surface area (Å²) >= 11 is 0. The first-order valence-electron chi connectivity index (χ1n) is 7.48. The van der Waals surface area contributed by atoms with Gasteiger partial charge in [-0.3, -0.25) is 14.4 Å². The minimum absolute atomic E-state index is 0.0417. The highest BCUT2D eigenvalue weighted by Crippen LogP contribution is 2.17. The van der Waals surface area contributed by atoms with Gasteiger partial charge in [0, 0.05) is 46.2 Å². The lowest BCUT2D eigenvalue weighted by molar-refractivity contribution is -0.142. The van der Waals surface area contributed by atoms with Crippen molar-refractivity contribution < 1.29 is 14.4 Å². The molecule has 2 saturated heterocycles. The number of piperidine rings is 1. The summed E-state index contributed by atoms with van der Waals surface area (Å²) in [6.07, 6.45) is 1.84. The van der Waals surface area contributed by atoms with Gasteiger partial charge in [-0.2, -0.15) is 0 Å². The van der Waals surface area contributed by atoms with Gasteiger partial charge >= 0.3 is 0 Å². The molecule has 7 nitrogen and oxygen atoms in total. The number of amides is 3. The molecule has 2 heterocycles. The lowest BCUT2D eigenvalue weighted by Crippen LogP contribution is -2.58. The van der Waals surface area contributed by atoms with Crippen LogP contribution in [0.25, 0.3) is 0 Å². The van der Waals surface area contributed by atoms with Crippen LogP contribution in [0.3, 0.4) is 0 Å². The van der Waals surface area contributed by atoms with Crippen LogP contribution in [0.5, 0.6) is 0 Å². The maximum absolute atomic E-state index is 12.2. The monoisotopic (exact) mass is 296 g/mol. The molecule has 3 amide bonds. The molecule has 118 valence electrons. The summed E-state index contributed by atoms with van der Waals surface area (Å²) in [6.45, 7) is 4.75. The average Bonchev–Trinajstić information content (AvgIpc) is 2.47. The first-order chi connectivity index (χ1) is 9.99. The van der Waals surface area contributed by atoms with Crippen LogP contribution in [-0.4, -0.2) is 84.8 Å². The number of nitrogens with one attached hydrogen (secondary N) is 1. The van der Waals surface area contributed by atoms with E-state index in [1.54, 1.807) is 11.9 Å². The highest BCUT2D eigenvalue weighted by molar-refractivity contribution is 5.84. The summed E-state index contributed by atoms with van der Waals surface area (Å²) in [5, 5.41) is 3.06. The van der Waals surface area contributed by atoms with Crippen molar-refractivity contribution in [2.24, 2.45) is 0 Å². The Morgan fingerprint density at radius 2 is 2.14 bits per heavy atom. The summed E-state index contributed by atoms with van der Waals surface area (Å²) in [7, 11) is 1.63. The lowest BCUT2D eigenvalue weighted by Gasteiger charge is -2.41. The molecule has 0 bridgehead atoms. The van der Waals surface area contributed by atoms with E-state index in [0.29, 0.717) is 26.2 Å². The number of carbonyl (C=O) groups excluding carboxylic acids is 3. The lowest BCUT2D eigenvalue weighted by atomic mass is 10.0. The number of likely N-dealkylation sites (N-methyl/N-ethyl adjacent to an activating group) is 1. The number of hydrogen-bond donors (Lipinski definition) is 1. The van der Waals surface area contributed by atoms with Gasteiger partial charge in [-0.05, 0) is 12.8 Å². The van der Waals surface area contributed by atoms with Gasteiger partial charge in [0.25, 0.3) is 0 Å². The Bertz CT molecular complexity index is 426. The van der Waals surface area contributed by atoms with Gasteiger partial charge in [0.15, 0.2) is 0 Å².